The fourth-order valence-corrected chi connectivity index (χ4v) is 5.19. The van der Waals surface area contributed by atoms with Crippen molar-refractivity contribution < 1.29 is 9.59 Å². The number of nitrogens with zero attached hydrogens (tertiary/aromatic N) is 2. The molecule has 6 heteroatoms. The number of hydrogen-bond acceptors (Lipinski definition) is 3. The minimum absolute atomic E-state index is 0.103. The van der Waals surface area contributed by atoms with Gasteiger partial charge in [0.15, 0.2) is 0 Å². The number of urea groups is 1. The highest BCUT2D eigenvalue weighted by molar-refractivity contribution is 5.76. The fraction of sp³-hybridized carbons (Fsp3) is 0.913. The first-order valence-corrected chi connectivity index (χ1v) is 12.2. The van der Waals surface area contributed by atoms with E-state index in [1.54, 1.807) is 0 Å². The number of likely N-dealkylation sites (tertiary alicyclic amines) is 2. The van der Waals surface area contributed by atoms with Gasteiger partial charge in [-0.2, -0.15) is 0 Å². The summed E-state index contributed by atoms with van der Waals surface area (Å²) in [5.41, 5.74) is 0. The molecular weight excluding hydrogens is 364 g/mol. The summed E-state index contributed by atoms with van der Waals surface area (Å²) in [4.78, 5) is 29.2. The van der Waals surface area contributed by atoms with E-state index in [0.717, 1.165) is 58.3 Å². The van der Waals surface area contributed by atoms with Crippen LogP contribution < -0.4 is 10.6 Å². The number of carbonyl (C=O) groups excluding carboxylic acids is 2. The van der Waals surface area contributed by atoms with Gasteiger partial charge in [0.1, 0.15) is 0 Å². The Hall–Kier alpha value is -1.30. The minimum Gasteiger partial charge on any atom is -0.356 e. The van der Waals surface area contributed by atoms with Crippen LogP contribution in [0.15, 0.2) is 0 Å². The van der Waals surface area contributed by atoms with E-state index < -0.39 is 0 Å². The van der Waals surface area contributed by atoms with Gasteiger partial charge in [-0.3, -0.25) is 4.79 Å². The molecule has 1 aliphatic carbocycles. The van der Waals surface area contributed by atoms with Gasteiger partial charge >= 0.3 is 6.03 Å². The van der Waals surface area contributed by atoms with E-state index in [2.05, 4.69) is 22.5 Å². The molecule has 1 atom stereocenters. The van der Waals surface area contributed by atoms with Crippen LogP contribution in [0.25, 0.3) is 0 Å². The lowest BCUT2D eigenvalue weighted by atomic mass is 9.93. The summed E-state index contributed by atoms with van der Waals surface area (Å²) in [5, 5.41) is 6.33. The van der Waals surface area contributed by atoms with Gasteiger partial charge in [0.05, 0.1) is 0 Å². The van der Waals surface area contributed by atoms with Crippen molar-refractivity contribution >= 4 is 11.9 Å². The van der Waals surface area contributed by atoms with Crippen LogP contribution in [0.4, 0.5) is 4.79 Å². The first-order chi connectivity index (χ1) is 14.1. The van der Waals surface area contributed by atoms with Crippen molar-refractivity contribution in [1.29, 1.82) is 0 Å². The highest BCUT2D eigenvalue weighted by Crippen LogP contribution is 2.22. The highest BCUT2D eigenvalue weighted by atomic mass is 16.2. The Labute approximate surface area is 177 Å². The zero-order chi connectivity index (χ0) is 20.5. The van der Waals surface area contributed by atoms with Crippen LogP contribution in [0, 0.1) is 5.92 Å². The standard InChI is InChI=1S/C23H42N4O2/c1-19-8-5-6-14-26(19)15-7-13-24-22(28)18-20-11-16-27(17-12-20)23(29)25-21-9-3-2-4-10-21/h19-21H,2-18H2,1H3,(H,24,28)(H,25,29). The lowest BCUT2D eigenvalue weighted by Gasteiger charge is -2.34. The van der Waals surface area contributed by atoms with Crippen LogP contribution in [0.2, 0.25) is 0 Å². The third-order valence-corrected chi connectivity index (χ3v) is 7.19. The van der Waals surface area contributed by atoms with E-state index in [-0.39, 0.29) is 11.9 Å². The molecule has 3 rings (SSSR count). The third-order valence-electron chi connectivity index (χ3n) is 7.19. The molecule has 0 aromatic heterocycles. The van der Waals surface area contributed by atoms with E-state index in [4.69, 9.17) is 0 Å². The summed E-state index contributed by atoms with van der Waals surface area (Å²) in [7, 11) is 0. The summed E-state index contributed by atoms with van der Waals surface area (Å²) in [6.07, 6.45) is 13.5. The lowest BCUT2D eigenvalue weighted by molar-refractivity contribution is -0.122. The highest BCUT2D eigenvalue weighted by Gasteiger charge is 2.26. The van der Waals surface area contributed by atoms with Crippen LogP contribution in [0.3, 0.4) is 0 Å². The first kappa shape index (κ1) is 22.4. The Bertz CT molecular complexity index is 513. The van der Waals surface area contributed by atoms with Crippen LogP contribution in [0.5, 0.6) is 0 Å². The Morgan fingerprint density at radius 1 is 0.897 bits per heavy atom. The molecule has 29 heavy (non-hydrogen) atoms. The second-order valence-corrected chi connectivity index (χ2v) is 9.50. The summed E-state index contributed by atoms with van der Waals surface area (Å²) in [6, 6.07) is 1.17. The monoisotopic (exact) mass is 406 g/mol. The molecule has 0 aromatic carbocycles. The van der Waals surface area contributed by atoms with Crippen molar-refractivity contribution in [3.8, 4) is 0 Å². The molecule has 2 aliphatic heterocycles. The second-order valence-electron chi connectivity index (χ2n) is 9.50. The fourth-order valence-electron chi connectivity index (χ4n) is 5.19. The van der Waals surface area contributed by atoms with Gasteiger partial charge in [-0.1, -0.05) is 25.7 Å². The summed E-state index contributed by atoms with van der Waals surface area (Å²) in [6.45, 7) is 6.97. The number of amides is 3. The predicted octanol–water partition coefficient (Wildman–Crippen LogP) is 3.51. The van der Waals surface area contributed by atoms with Gasteiger partial charge in [-0.25, -0.2) is 4.79 Å². The van der Waals surface area contributed by atoms with E-state index in [1.165, 1.54) is 45.1 Å². The van der Waals surface area contributed by atoms with E-state index >= 15 is 0 Å². The normalized spacial score (nSPS) is 25.0. The number of carbonyl (C=O) groups is 2. The molecule has 1 saturated carbocycles. The van der Waals surface area contributed by atoms with Gasteiger partial charge in [0.25, 0.3) is 0 Å². The molecule has 0 aromatic rings. The molecule has 3 fully saturated rings. The number of nitrogens with one attached hydrogen (secondary N) is 2. The minimum atomic E-state index is 0.103. The molecule has 0 bridgehead atoms. The number of piperidine rings is 2. The van der Waals surface area contributed by atoms with Crippen molar-refractivity contribution in [2.45, 2.75) is 96.1 Å². The average molecular weight is 407 g/mol. The molecule has 6 nitrogen and oxygen atoms in total. The maximum Gasteiger partial charge on any atom is 0.317 e. The smallest absolute Gasteiger partial charge is 0.317 e. The quantitative estimate of drug-likeness (QED) is 0.636. The van der Waals surface area contributed by atoms with Gasteiger partial charge in [0.2, 0.25) is 5.91 Å². The average Bonchev–Trinajstić information content (AvgIpc) is 2.73. The van der Waals surface area contributed by atoms with E-state index in [9.17, 15) is 9.59 Å². The molecular formula is C23H42N4O2. The molecule has 2 N–H and O–H groups in total. The van der Waals surface area contributed by atoms with Crippen molar-refractivity contribution in [2.75, 3.05) is 32.7 Å². The van der Waals surface area contributed by atoms with Gasteiger partial charge in [0, 0.05) is 44.7 Å². The first-order valence-electron chi connectivity index (χ1n) is 12.2. The van der Waals surface area contributed by atoms with Crippen molar-refractivity contribution in [1.82, 2.24) is 20.4 Å². The van der Waals surface area contributed by atoms with Gasteiger partial charge < -0.3 is 20.4 Å². The number of hydrogen-bond donors (Lipinski definition) is 2. The van der Waals surface area contributed by atoms with Crippen LogP contribution in [0.1, 0.15) is 84.0 Å². The summed E-state index contributed by atoms with van der Waals surface area (Å²) < 4.78 is 0. The zero-order valence-corrected chi connectivity index (χ0v) is 18.5. The van der Waals surface area contributed by atoms with Crippen molar-refractivity contribution in [3.63, 3.8) is 0 Å². The van der Waals surface area contributed by atoms with E-state index in [1.807, 2.05) is 4.90 Å². The molecule has 3 amide bonds. The maximum absolute atomic E-state index is 12.5. The van der Waals surface area contributed by atoms with Crippen LogP contribution in [-0.2, 0) is 4.79 Å². The predicted molar refractivity (Wildman–Crippen MR) is 117 cm³/mol. The summed E-state index contributed by atoms with van der Waals surface area (Å²) in [5.74, 6) is 0.595. The molecule has 2 heterocycles. The molecule has 3 aliphatic rings. The lowest BCUT2D eigenvalue weighted by Crippen LogP contribution is -2.48. The van der Waals surface area contributed by atoms with Crippen molar-refractivity contribution in [3.05, 3.63) is 0 Å². The molecule has 2 saturated heterocycles. The maximum atomic E-state index is 12.5. The Morgan fingerprint density at radius 3 is 2.34 bits per heavy atom. The molecule has 166 valence electrons. The van der Waals surface area contributed by atoms with Gasteiger partial charge in [-0.05, 0) is 64.3 Å². The topological polar surface area (TPSA) is 64.7 Å². The van der Waals surface area contributed by atoms with Crippen molar-refractivity contribution in [2.24, 2.45) is 5.92 Å². The Balaban J connectivity index is 1.25. The Morgan fingerprint density at radius 2 is 1.62 bits per heavy atom. The number of rotatable bonds is 7. The molecule has 0 radical (unpaired) electrons. The van der Waals surface area contributed by atoms with E-state index in [0.29, 0.717) is 24.4 Å². The Kier molecular flexibility index (Phi) is 9.09. The van der Waals surface area contributed by atoms with Crippen LogP contribution >= 0.6 is 0 Å². The third kappa shape index (κ3) is 7.47. The second kappa shape index (κ2) is 11.8. The van der Waals surface area contributed by atoms with Crippen LogP contribution in [-0.4, -0.2) is 66.5 Å². The largest absolute Gasteiger partial charge is 0.356 e. The SMILES string of the molecule is CC1CCCCN1CCCNC(=O)CC1CCN(C(=O)NC2CCCCC2)CC1. The van der Waals surface area contributed by atoms with Gasteiger partial charge in [-0.15, -0.1) is 0 Å². The molecule has 1 unspecified atom stereocenters. The molecule has 0 spiro atoms. The summed E-state index contributed by atoms with van der Waals surface area (Å²) >= 11 is 0. The zero-order valence-electron chi connectivity index (χ0n) is 18.5.